The SMILES string of the molecule is NC(=O)CNC(=O)CCC1CCCC(N)C1. The third kappa shape index (κ3) is 5.11. The summed E-state index contributed by atoms with van der Waals surface area (Å²) in [5, 5.41) is 2.49. The Kier molecular flexibility index (Phi) is 5.25. The number of carbonyl (C=O) groups is 2. The standard InChI is InChI=1S/C11H21N3O2/c12-9-3-1-2-8(6-9)4-5-11(16)14-7-10(13)15/h8-9H,1-7,12H2,(H2,13,15)(H,14,16). The average molecular weight is 227 g/mol. The van der Waals surface area contributed by atoms with Crippen molar-refractivity contribution in [1.29, 1.82) is 0 Å². The zero-order valence-electron chi connectivity index (χ0n) is 9.58. The van der Waals surface area contributed by atoms with Crippen LogP contribution in [0.2, 0.25) is 0 Å². The van der Waals surface area contributed by atoms with Gasteiger partial charge < -0.3 is 16.8 Å². The molecule has 2 unspecified atom stereocenters. The van der Waals surface area contributed by atoms with E-state index in [9.17, 15) is 9.59 Å². The molecule has 92 valence electrons. The molecule has 0 radical (unpaired) electrons. The van der Waals surface area contributed by atoms with Crippen molar-refractivity contribution < 1.29 is 9.59 Å². The van der Waals surface area contributed by atoms with E-state index >= 15 is 0 Å². The van der Waals surface area contributed by atoms with E-state index in [1.165, 1.54) is 0 Å². The Morgan fingerprint density at radius 2 is 2.06 bits per heavy atom. The van der Waals surface area contributed by atoms with Crippen LogP contribution < -0.4 is 16.8 Å². The van der Waals surface area contributed by atoms with Crippen molar-refractivity contribution in [2.75, 3.05) is 6.54 Å². The van der Waals surface area contributed by atoms with Gasteiger partial charge >= 0.3 is 0 Å². The molecule has 0 aromatic rings. The first-order valence-electron chi connectivity index (χ1n) is 5.88. The van der Waals surface area contributed by atoms with Gasteiger partial charge in [-0.1, -0.05) is 12.8 Å². The van der Waals surface area contributed by atoms with Crippen LogP contribution in [0.25, 0.3) is 0 Å². The summed E-state index contributed by atoms with van der Waals surface area (Å²) in [4.78, 5) is 21.8. The minimum Gasteiger partial charge on any atom is -0.368 e. The second-order valence-corrected chi connectivity index (χ2v) is 4.57. The molecular weight excluding hydrogens is 206 g/mol. The van der Waals surface area contributed by atoms with Gasteiger partial charge in [0, 0.05) is 12.5 Å². The van der Waals surface area contributed by atoms with Gasteiger partial charge in [0.1, 0.15) is 0 Å². The fraction of sp³-hybridized carbons (Fsp3) is 0.818. The topological polar surface area (TPSA) is 98.2 Å². The normalized spacial score (nSPS) is 25.1. The van der Waals surface area contributed by atoms with Gasteiger partial charge in [-0.25, -0.2) is 0 Å². The lowest BCUT2D eigenvalue weighted by molar-refractivity contribution is -0.125. The van der Waals surface area contributed by atoms with Crippen molar-refractivity contribution in [3.05, 3.63) is 0 Å². The minimum atomic E-state index is -0.506. The van der Waals surface area contributed by atoms with Crippen LogP contribution in [-0.2, 0) is 9.59 Å². The maximum absolute atomic E-state index is 11.3. The molecule has 2 atom stereocenters. The van der Waals surface area contributed by atoms with Crippen molar-refractivity contribution in [1.82, 2.24) is 5.32 Å². The smallest absolute Gasteiger partial charge is 0.236 e. The van der Waals surface area contributed by atoms with Crippen LogP contribution in [0.15, 0.2) is 0 Å². The second-order valence-electron chi connectivity index (χ2n) is 4.57. The van der Waals surface area contributed by atoms with Gasteiger partial charge in [-0.2, -0.15) is 0 Å². The molecule has 0 heterocycles. The van der Waals surface area contributed by atoms with E-state index in [4.69, 9.17) is 11.5 Å². The Morgan fingerprint density at radius 1 is 1.31 bits per heavy atom. The van der Waals surface area contributed by atoms with E-state index in [0.717, 1.165) is 32.1 Å². The molecule has 0 aromatic carbocycles. The molecule has 16 heavy (non-hydrogen) atoms. The molecule has 0 aromatic heterocycles. The molecule has 2 amide bonds. The lowest BCUT2D eigenvalue weighted by atomic mass is 9.83. The van der Waals surface area contributed by atoms with Crippen LogP contribution in [0.4, 0.5) is 0 Å². The third-order valence-electron chi connectivity index (χ3n) is 3.06. The maximum atomic E-state index is 11.3. The fourth-order valence-electron chi connectivity index (χ4n) is 2.20. The van der Waals surface area contributed by atoms with Crippen LogP contribution >= 0.6 is 0 Å². The van der Waals surface area contributed by atoms with E-state index < -0.39 is 5.91 Å². The van der Waals surface area contributed by atoms with Crippen LogP contribution in [0.3, 0.4) is 0 Å². The first-order valence-corrected chi connectivity index (χ1v) is 5.88. The van der Waals surface area contributed by atoms with Crippen molar-refractivity contribution in [3.8, 4) is 0 Å². The first kappa shape index (κ1) is 13.0. The highest BCUT2D eigenvalue weighted by Crippen LogP contribution is 2.26. The van der Waals surface area contributed by atoms with Crippen molar-refractivity contribution in [2.45, 2.75) is 44.6 Å². The number of amides is 2. The highest BCUT2D eigenvalue weighted by Gasteiger charge is 2.19. The van der Waals surface area contributed by atoms with E-state index in [0.29, 0.717) is 18.4 Å². The summed E-state index contributed by atoms with van der Waals surface area (Å²) in [6.45, 7) is -0.0665. The van der Waals surface area contributed by atoms with Gasteiger partial charge in [-0.3, -0.25) is 9.59 Å². The summed E-state index contributed by atoms with van der Waals surface area (Å²) in [5.41, 5.74) is 10.8. The molecule has 0 bridgehead atoms. The number of hydrogen-bond donors (Lipinski definition) is 3. The zero-order valence-corrected chi connectivity index (χ0v) is 9.58. The van der Waals surface area contributed by atoms with E-state index in [-0.39, 0.29) is 12.5 Å². The third-order valence-corrected chi connectivity index (χ3v) is 3.06. The molecule has 1 rings (SSSR count). The second kappa shape index (κ2) is 6.48. The molecule has 1 saturated carbocycles. The molecule has 0 saturated heterocycles. The number of rotatable bonds is 5. The van der Waals surface area contributed by atoms with Crippen LogP contribution in [0.5, 0.6) is 0 Å². The molecule has 5 N–H and O–H groups in total. The van der Waals surface area contributed by atoms with Gasteiger partial charge in [0.25, 0.3) is 0 Å². The molecule has 1 aliphatic carbocycles. The van der Waals surface area contributed by atoms with Gasteiger partial charge in [0.15, 0.2) is 0 Å². The Labute approximate surface area is 95.9 Å². The monoisotopic (exact) mass is 227 g/mol. The predicted octanol–water partition coefficient (Wildman–Crippen LogP) is -0.114. The number of primary amides is 1. The Bertz CT molecular complexity index is 256. The lowest BCUT2D eigenvalue weighted by Crippen LogP contribution is -2.34. The van der Waals surface area contributed by atoms with E-state index in [1.54, 1.807) is 0 Å². The number of nitrogens with one attached hydrogen (secondary N) is 1. The summed E-state index contributed by atoms with van der Waals surface area (Å²) in [6, 6.07) is 0.299. The molecule has 0 spiro atoms. The highest BCUT2D eigenvalue weighted by molar-refractivity contribution is 5.83. The van der Waals surface area contributed by atoms with Crippen molar-refractivity contribution >= 4 is 11.8 Å². The molecule has 5 nitrogen and oxygen atoms in total. The largest absolute Gasteiger partial charge is 0.368 e. The van der Waals surface area contributed by atoms with Crippen LogP contribution in [0.1, 0.15) is 38.5 Å². The van der Waals surface area contributed by atoms with Crippen molar-refractivity contribution in [3.63, 3.8) is 0 Å². The number of nitrogens with two attached hydrogens (primary N) is 2. The zero-order chi connectivity index (χ0) is 12.0. The summed E-state index contributed by atoms with van der Waals surface area (Å²) in [5.74, 6) is -0.0472. The van der Waals surface area contributed by atoms with Gasteiger partial charge in [-0.15, -0.1) is 0 Å². The van der Waals surface area contributed by atoms with Gasteiger partial charge in [0.2, 0.25) is 11.8 Å². The quantitative estimate of drug-likeness (QED) is 0.611. The van der Waals surface area contributed by atoms with Crippen LogP contribution in [-0.4, -0.2) is 24.4 Å². The maximum Gasteiger partial charge on any atom is 0.236 e. The summed E-state index contributed by atoms with van der Waals surface area (Å²) >= 11 is 0. The summed E-state index contributed by atoms with van der Waals surface area (Å²) in [7, 11) is 0. The Hall–Kier alpha value is -1.10. The first-order chi connectivity index (χ1) is 7.58. The van der Waals surface area contributed by atoms with Crippen molar-refractivity contribution in [2.24, 2.45) is 17.4 Å². The number of hydrogen-bond acceptors (Lipinski definition) is 3. The van der Waals surface area contributed by atoms with E-state index in [1.807, 2.05) is 0 Å². The molecule has 1 fully saturated rings. The summed E-state index contributed by atoms with van der Waals surface area (Å²) in [6.07, 6.45) is 5.77. The number of carbonyl (C=O) groups excluding carboxylic acids is 2. The Morgan fingerprint density at radius 3 is 2.69 bits per heavy atom. The summed E-state index contributed by atoms with van der Waals surface area (Å²) < 4.78 is 0. The van der Waals surface area contributed by atoms with Crippen LogP contribution in [0, 0.1) is 5.92 Å². The Balaban J connectivity index is 2.13. The molecule has 0 aliphatic heterocycles. The molecule has 1 aliphatic rings. The predicted molar refractivity (Wildman–Crippen MR) is 61.4 cm³/mol. The molecule has 5 heteroatoms. The molecular formula is C11H21N3O2. The van der Waals surface area contributed by atoms with E-state index in [2.05, 4.69) is 5.32 Å². The average Bonchev–Trinajstić information content (AvgIpc) is 2.23. The fourth-order valence-corrected chi connectivity index (χ4v) is 2.20. The minimum absolute atomic E-state index is 0.0665. The highest BCUT2D eigenvalue weighted by atomic mass is 16.2. The van der Waals surface area contributed by atoms with Gasteiger partial charge in [0.05, 0.1) is 6.54 Å². The van der Waals surface area contributed by atoms with Gasteiger partial charge in [-0.05, 0) is 25.2 Å². The lowest BCUT2D eigenvalue weighted by Gasteiger charge is -2.26.